The number of hydrogen-bond donors (Lipinski definition) is 2. The van der Waals surface area contributed by atoms with E-state index in [2.05, 4.69) is 16.5 Å². The van der Waals surface area contributed by atoms with Crippen molar-refractivity contribution in [2.24, 2.45) is 0 Å². The Labute approximate surface area is 195 Å². The van der Waals surface area contributed by atoms with E-state index >= 15 is 0 Å². The van der Waals surface area contributed by atoms with Crippen molar-refractivity contribution in [3.05, 3.63) is 41.7 Å². The Bertz CT molecular complexity index is 967. The first-order chi connectivity index (χ1) is 15.5. The van der Waals surface area contributed by atoms with Gasteiger partial charge in [0.2, 0.25) is 0 Å². The van der Waals surface area contributed by atoms with Gasteiger partial charge in [0.25, 0.3) is 11.8 Å². The maximum absolute atomic E-state index is 13.1. The minimum Gasteiger partial charge on any atom is -0.397 e. The molecule has 4 N–H and O–H groups in total. The number of halogens is 5. The number of anilines is 4. The van der Waals surface area contributed by atoms with E-state index in [0.29, 0.717) is 41.1 Å². The van der Waals surface area contributed by atoms with E-state index < -0.39 is 11.8 Å². The molecule has 4 rings (SSSR count). The third-order valence-corrected chi connectivity index (χ3v) is 5.85. The lowest BCUT2D eigenvalue weighted by Gasteiger charge is -2.33. The fourth-order valence-corrected chi connectivity index (χ4v) is 3.97. The minimum atomic E-state index is -2.56. The van der Waals surface area contributed by atoms with Gasteiger partial charge in [0.15, 0.2) is 0 Å². The maximum Gasteiger partial charge on any atom is 0.251 e. The van der Waals surface area contributed by atoms with Gasteiger partial charge in [-0.1, -0.05) is 24.3 Å². The Balaban J connectivity index is 0.000000186. The Morgan fingerprint density at radius 3 is 1.70 bits per heavy atom. The van der Waals surface area contributed by atoms with Crippen LogP contribution in [0.25, 0.3) is 6.08 Å². The molecule has 2 fully saturated rings. The largest absolute Gasteiger partial charge is 0.397 e. The van der Waals surface area contributed by atoms with Crippen molar-refractivity contribution in [3.63, 3.8) is 0 Å². The molecule has 0 saturated carbocycles. The smallest absolute Gasteiger partial charge is 0.251 e. The van der Waals surface area contributed by atoms with Crippen LogP contribution in [-0.2, 0) is 0 Å². The lowest BCUT2D eigenvalue weighted by atomic mass is 10.1. The number of rotatable bonds is 3. The highest BCUT2D eigenvalue weighted by Crippen LogP contribution is 2.33. The van der Waals surface area contributed by atoms with Gasteiger partial charge in [-0.3, -0.25) is 0 Å². The molecule has 6 nitrogen and oxygen atoms in total. The number of alkyl halides is 4. The van der Waals surface area contributed by atoms with Crippen LogP contribution >= 0.6 is 11.6 Å². The van der Waals surface area contributed by atoms with Crippen molar-refractivity contribution in [3.8, 4) is 0 Å². The molecule has 0 amide bonds. The standard InChI is InChI=1S/C12H15F2N3.C10H12ClF2N3/c1-2-9-7-10(15)8-16-11(9)17-5-3-12(13,14)4-6-17;11-8-5-7(14)6-15-9(8)16-3-1-10(12,13)2-4-16/h2,7-8H,1,3-6,15H2;5-6H,1-4,14H2. The topological polar surface area (TPSA) is 84.3 Å². The number of aromatic nitrogens is 2. The fourth-order valence-electron chi connectivity index (χ4n) is 3.68. The predicted molar refractivity (Wildman–Crippen MR) is 125 cm³/mol. The summed E-state index contributed by atoms with van der Waals surface area (Å²) >= 11 is 5.96. The van der Waals surface area contributed by atoms with Crippen LogP contribution in [0.3, 0.4) is 0 Å². The maximum atomic E-state index is 13.1. The minimum absolute atomic E-state index is 0.129. The first-order valence-corrected chi connectivity index (χ1v) is 10.9. The zero-order valence-corrected chi connectivity index (χ0v) is 18.8. The second-order valence-electron chi connectivity index (χ2n) is 8.15. The quantitative estimate of drug-likeness (QED) is 0.587. The molecule has 0 aliphatic carbocycles. The van der Waals surface area contributed by atoms with E-state index in [1.807, 2.05) is 4.90 Å². The van der Waals surface area contributed by atoms with Crippen molar-refractivity contribution >= 4 is 40.7 Å². The Hall–Kier alpha value is -2.75. The Kier molecular flexibility index (Phi) is 7.56. The van der Waals surface area contributed by atoms with Gasteiger partial charge >= 0.3 is 0 Å². The predicted octanol–water partition coefficient (Wildman–Crippen LogP) is 5.10. The molecule has 180 valence electrons. The summed E-state index contributed by atoms with van der Waals surface area (Å²) in [7, 11) is 0. The molecule has 2 aromatic heterocycles. The third-order valence-electron chi connectivity index (χ3n) is 5.57. The molecule has 11 heteroatoms. The van der Waals surface area contributed by atoms with Crippen molar-refractivity contribution in [2.45, 2.75) is 37.5 Å². The van der Waals surface area contributed by atoms with E-state index in [0.717, 1.165) is 5.56 Å². The van der Waals surface area contributed by atoms with Gasteiger partial charge in [-0.25, -0.2) is 27.5 Å². The van der Waals surface area contributed by atoms with Crippen LogP contribution in [0.5, 0.6) is 0 Å². The van der Waals surface area contributed by atoms with Crippen molar-refractivity contribution < 1.29 is 17.6 Å². The first kappa shape index (κ1) is 24.9. The molecule has 0 bridgehead atoms. The molecule has 2 aliphatic heterocycles. The molecular formula is C22H27ClF4N6. The SMILES string of the molecule is C=Cc1cc(N)cnc1N1CCC(F)(F)CC1.Nc1cnc(N2CCC(F)(F)CC2)c(Cl)c1. The average molecular weight is 487 g/mol. The molecular weight excluding hydrogens is 460 g/mol. The molecule has 0 unspecified atom stereocenters. The van der Waals surface area contributed by atoms with Gasteiger partial charge in [0.05, 0.1) is 28.8 Å². The van der Waals surface area contributed by atoms with Gasteiger partial charge in [-0.2, -0.15) is 0 Å². The van der Waals surface area contributed by atoms with Crippen LogP contribution in [0.15, 0.2) is 31.1 Å². The van der Waals surface area contributed by atoms with E-state index in [-0.39, 0.29) is 38.8 Å². The van der Waals surface area contributed by atoms with Gasteiger partial charge in [-0.15, -0.1) is 0 Å². The van der Waals surface area contributed by atoms with Crippen molar-refractivity contribution in [2.75, 3.05) is 47.4 Å². The van der Waals surface area contributed by atoms with E-state index in [1.165, 1.54) is 12.4 Å². The highest BCUT2D eigenvalue weighted by molar-refractivity contribution is 6.33. The normalized spacial score (nSPS) is 19.4. The summed E-state index contributed by atoms with van der Waals surface area (Å²) in [6, 6.07) is 3.33. The summed E-state index contributed by atoms with van der Waals surface area (Å²) in [4.78, 5) is 11.9. The second-order valence-corrected chi connectivity index (χ2v) is 8.55. The highest BCUT2D eigenvalue weighted by Gasteiger charge is 2.35. The third kappa shape index (κ3) is 6.63. The van der Waals surface area contributed by atoms with Gasteiger partial charge in [-0.05, 0) is 12.1 Å². The lowest BCUT2D eigenvalue weighted by molar-refractivity contribution is -0.0227. The molecule has 0 atom stereocenters. The van der Waals surface area contributed by atoms with E-state index in [4.69, 9.17) is 23.1 Å². The van der Waals surface area contributed by atoms with Crippen LogP contribution in [0.4, 0.5) is 40.6 Å². The van der Waals surface area contributed by atoms with Gasteiger partial charge < -0.3 is 21.3 Å². The Morgan fingerprint density at radius 1 is 0.818 bits per heavy atom. The number of pyridine rings is 2. The van der Waals surface area contributed by atoms with Crippen molar-refractivity contribution in [1.29, 1.82) is 0 Å². The monoisotopic (exact) mass is 486 g/mol. The molecule has 0 aromatic carbocycles. The van der Waals surface area contributed by atoms with Crippen LogP contribution in [0.1, 0.15) is 31.2 Å². The van der Waals surface area contributed by atoms with Crippen molar-refractivity contribution in [1.82, 2.24) is 9.97 Å². The van der Waals surface area contributed by atoms with Crippen LogP contribution in [0, 0.1) is 0 Å². The van der Waals surface area contributed by atoms with E-state index in [1.54, 1.807) is 23.1 Å². The molecule has 4 heterocycles. The van der Waals surface area contributed by atoms with Gasteiger partial charge in [0.1, 0.15) is 11.6 Å². The molecule has 2 aliphatic rings. The number of hydrogen-bond acceptors (Lipinski definition) is 6. The van der Waals surface area contributed by atoms with Crippen LogP contribution < -0.4 is 21.3 Å². The zero-order chi connectivity index (χ0) is 24.2. The van der Waals surface area contributed by atoms with E-state index in [9.17, 15) is 17.6 Å². The number of nitrogens with zero attached hydrogens (tertiary/aromatic N) is 4. The molecule has 2 saturated heterocycles. The lowest BCUT2D eigenvalue weighted by Crippen LogP contribution is -2.40. The number of nitrogens with two attached hydrogens (primary N) is 2. The summed E-state index contributed by atoms with van der Waals surface area (Å²) in [6.45, 7) is 4.84. The molecule has 0 radical (unpaired) electrons. The zero-order valence-electron chi connectivity index (χ0n) is 18.1. The summed E-state index contributed by atoms with van der Waals surface area (Å²) < 4.78 is 52.0. The highest BCUT2D eigenvalue weighted by atomic mass is 35.5. The number of piperidine rings is 2. The number of nitrogen functional groups attached to an aromatic ring is 2. The fraction of sp³-hybridized carbons (Fsp3) is 0.455. The summed E-state index contributed by atoms with van der Waals surface area (Å²) in [6.07, 6.45) is 4.09. The van der Waals surface area contributed by atoms with Gasteiger partial charge in [0, 0.05) is 57.4 Å². The summed E-state index contributed by atoms with van der Waals surface area (Å²) in [5, 5.41) is 0.408. The average Bonchev–Trinajstić information content (AvgIpc) is 2.75. The molecule has 2 aromatic rings. The summed E-state index contributed by atoms with van der Waals surface area (Å²) in [5.74, 6) is -3.88. The molecule has 33 heavy (non-hydrogen) atoms. The summed E-state index contributed by atoms with van der Waals surface area (Å²) in [5.41, 5.74) is 12.9. The molecule has 0 spiro atoms. The van der Waals surface area contributed by atoms with Crippen LogP contribution in [0.2, 0.25) is 5.02 Å². The first-order valence-electron chi connectivity index (χ1n) is 10.5. The van der Waals surface area contributed by atoms with Crippen LogP contribution in [-0.4, -0.2) is 48.0 Å². The second kappa shape index (κ2) is 10.0. The Morgan fingerprint density at radius 2 is 1.24 bits per heavy atom.